The number of aliphatic hydroxyl groups excluding tert-OH is 1. The van der Waals surface area contributed by atoms with Crippen molar-refractivity contribution in [2.75, 3.05) is 20.0 Å². The van der Waals surface area contributed by atoms with Gasteiger partial charge in [-0.15, -0.1) is 0 Å². The van der Waals surface area contributed by atoms with Crippen LogP contribution in [0.3, 0.4) is 0 Å². The van der Waals surface area contributed by atoms with Gasteiger partial charge >= 0.3 is 5.69 Å². The van der Waals surface area contributed by atoms with Gasteiger partial charge in [0.25, 0.3) is 5.56 Å². The number of aliphatic hydroxyl groups is 1. The summed E-state index contributed by atoms with van der Waals surface area (Å²) in [5.41, 5.74) is -1.94. The molecule has 2 rings (SSSR count). The molecule has 2 heterocycles. The van der Waals surface area contributed by atoms with E-state index in [0.717, 1.165) is 10.8 Å². The second-order valence-corrected chi connectivity index (χ2v) is 5.49. The first-order valence-electron chi connectivity index (χ1n) is 8.04. The Kier molecular flexibility index (Phi) is 6.85. The highest BCUT2D eigenvalue weighted by molar-refractivity contribution is 4.96. The van der Waals surface area contributed by atoms with Crippen molar-refractivity contribution in [2.45, 2.75) is 52.0 Å². The quantitative estimate of drug-likeness (QED) is 0.505. The first-order chi connectivity index (χ1) is 11.9. The monoisotopic (exact) mass is 362 g/mol. The molecular weight excluding hydrogens is 339 g/mol. The van der Waals surface area contributed by atoms with Crippen LogP contribution in [-0.2, 0) is 25.7 Å². The van der Waals surface area contributed by atoms with Crippen molar-refractivity contribution in [3.05, 3.63) is 32.9 Å². The average molecular weight is 362 g/mol. The van der Waals surface area contributed by atoms with Crippen molar-refractivity contribution < 1.29 is 28.4 Å². The predicted molar refractivity (Wildman–Crippen MR) is 83.5 cm³/mol. The zero-order valence-corrected chi connectivity index (χ0v) is 14.4. The minimum absolute atomic E-state index is 0.0499. The third-order valence-electron chi connectivity index (χ3n) is 3.85. The number of hydrogen-bond donors (Lipinski definition) is 1. The standard InChI is InChI=1S/C15H23FN2O7/c1-4-22-7-18-13(20)10(16)6-17(15(18)21)14-11(19)12(9(3)25-14)24-8-23-5-2/h6,9,11-12,14,19H,4-5,7-8H2,1-3H3/t9-,11-,12+,14-/m1/s1. The van der Waals surface area contributed by atoms with Gasteiger partial charge in [0.05, 0.1) is 12.3 Å². The number of nitrogens with zero attached hydrogens (tertiary/aromatic N) is 2. The second kappa shape index (κ2) is 8.68. The number of rotatable bonds is 8. The van der Waals surface area contributed by atoms with Gasteiger partial charge in [-0.2, -0.15) is 4.39 Å². The highest BCUT2D eigenvalue weighted by Gasteiger charge is 2.44. The van der Waals surface area contributed by atoms with Crippen LogP contribution >= 0.6 is 0 Å². The Morgan fingerprint density at radius 3 is 2.60 bits per heavy atom. The van der Waals surface area contributed by atoms with Gasteiger partial charge in [-0.25, -0.2) is 9.36 Å². The number of hydrogen-bond acceptors (Lipinski definition) is 7. The molecule has 0 spiro atoms. The summed E-state index contributed by atoms with van der Waals surface area (Å²) in [4.78, 5) is 24.3. The fourth-order valence-corrected chi connectivity index (χ4v) is 2.56. The fraction of sp³-hybridized carbons (Fsp3) is 0.733. The van der Waals surface area contributed by atoms with Gasteiger partial charge in [-0.3, -0.25) is 9.36 Å². The predicted octanol–water partition coefficient (Wildman–Crippen LogP) is -0.199. The smallest absolute Gasteiger partial charge is 0.335 e. The summed E-state index contributed by atoms with van der Waals surface area (Å²) < 4.78 is 36.4. The maximum atomic E-state index is 13.9. The Labute approximate surface area is 143 Å². The van der Waals surface area contributed by atoms with E-state index in [-0.39, 0.29) is 13.4 Å². The van der Waals surface area contributed by atoms with E-state index in [4.69, 9.17) is 18.9 Å². The summed E-state index contributed by atoms with van der Waals surface area (Å²) in [6, 6.07) is 0. The van der Waals surface area contributed by atoms with Gasteiger partial charge in [0.15, 0.2) is 6.23 Å². The highest BCUT2D eigenvalue weighted by Crippen LogP contribution is 2.30. The van der Waals surface area contributed by atoms with E-state index in [1.54, 1.807) is 20.8 Å². The number of aromatic nitrogens is 2. The summed E-state index contributed by atoms with van der Waals surface area (Å²) in [6.45, 7) is 5.36. The van der Waals surface area contributed by atoms with E-state index in [1.807, 2.05) is 0 Å². The second-order valence-electron chi connectivity index (χ2n) is 5.49. The van der Waals surface area contributed by atoms with Crippen molar-refractivity contribution in [1.82, 2.24) is 9.13 Å². The zero-order chi connectivity index (χ0) is 18.6. The minimum atomic E-state index is -1.24. The van der Waals surface area contributed by atoms with Crippen molar-refractivity contribution in [3.8, 4) is 0 Å². The minimum Gasteiger partial charge on any atom is -0.386 e. The maximum Gasteiger partial charge on any atom is 0.335 e. The molecule has 0 saturated carbocycles. The van der Waals surface area contributed by atoms with E-state index < -0.39 is 48.3 Å². The van der Waals surface area contributed by atoms with Gasteiger partial charge in [0.1, 0.15) is 25.7 Å². The molecule has 0 aliphatic carbocycles. The molecule has 1 aromatic rings. The molecule has 0 unspecified atom stereocenters. The molecule has 1 aliphatic rings. The maximum absolute atomic E-state index is 13.9. The summed E-state index contributed by atoms with van der Waals surface area (Å²) in [6.07, 6.45) is -3.05. The van der Waals surface area contributed by atoms with Crippen molar-refractivity contribution in [3.63, 3.8) is 0 Å². The van der Waals surface area contributed by atoms with E-state index in [1.165, 1.54) is 0 Å². The van der Waals surface area contributed by atoms with Crippen LogP contribution in [0.2, 0.25) is 0 Å². The van der Waals surface area contributed by atoms with E-state index in [2.05, 4.69) is 0 Å². The fourth-order valence-electron chi connectivity index (χ4n) is 2.56. The molecule has 1 aromatic heterocycles. The molecule has 1 N–H and O–H groups in total. The summed E-state index contributed by atoms with van der Waals surface area (Å²) >= 11 is 0. The first kappa shape index (κ1) is 19.7. The molecular formula is C15H23FN2O7. The third-order valence-corrected chi connectivity index (χ3v) is 3.85. The van der Waals surface area contributed by atoms with Gasteiger partial charge < -0.3 is 24.1 Å². The molecule has 142 valence electrons. The molecule has 1 fully saturated rings. The van der Waals surface area contributed by atoms with Crippen molar-refractivity contribution >= 4 is 0 Å². The molecule has 1 saturated heterocycles. The first-order valence-corrected chi connectivity index (χ1v) is 8.04. The SMILES string of the molecule is CCOCO[C@@H]1[C@@H](O)[C@H](n2cc(F)c(=O)n(COCC)c2=O)O[C@@H]1C. The Hall–Kier alpha value is -1.59. The number of halogens is 1. The Morgan fingerprint density at radius 2 is 1.96 bits per heavy atom. The van der Waals surface area contributed by atoms with Crippen LogP contribution in [0.5, 0.6) is 0 Å². The van der Waals surface area contributed by atoms with E-state index >= 15 is 0 Å². The Balaban J connectivity index is 2.30. The van der Waals surface area contributed by atoms with E-state index in [0.29, 0.717) is 11.2 Å². The van der Waals surface area contributed by atoms with Gasteiger partial charge in [0.2, 0.25) is 5.82 Å². The molecule has 0 radical (unpaired) electrons. The molecule has 10 heteroatoms. The molecule has 4 atom stereocenters. The Morgan fingerprint density at radius 1 is 1.28 bits per heavy atom. The molecule has 0 bridgehead atoms. The summed E-state index contributed by atoms with van der Waals surface area (Å²) in [7, 11) is 0. The topological polar surface area (TPSA) is 101 Å². The lowest BCUT2D eigenvalue weighted by molar-refractivity contribution is -0.121. The van der Waals surface area contributed by atoms with Crippen molar-refractivity contribution in [1.29, 1.82) is 0 Å². The molecule has 25 heavy (non-hydrogen) atoms. The third kappa shape index (κ3) is 4.15. The molecule has 1 aliphatic heterocycles. The largest absolute Gasteiger partial charge is 0.386 e. The van der Waals surface area contributed by atoms with Crippen LogP contribution in [0.15, 0.2) is 15.8 Å². The lowest BCUT2D eigenvalue weighted by Gasteiger charge is -2.20. The van der Waals surface area contributed by atoms with Crippen LogP contribution in [0.1, 0.15) is 27.0 Å². The van der Waals surface area contributed by atoms with Crippen molar-refractivity contribution in [2.24, 2.45) is 0 Å². The lowest BCUT2D eigenvalue weighted by Crippen LogP contribution is -2.45. The highest BCUT2D eigenvalue weighted by atomic mass is 19.1. The number of ether oxygens (including phenoxy) is 4. The molecule has 9 nitrogen and oxygen atoms in total. The summed E-state index contributed by atoms with van der Waals surface area (Å²) in [5, 5.41) is 10.4. The zero-order valence-electron chi connectivity index (χ0n) is 14.4. The van der Waals surface area contributed by atoms with Crippen LogP contribution in [0, 0.1) is 5.82 Å². The van der Waals surface area contributed by atoms with Crippen LogP contribution in [0.25, 0.3) is 0 Å². The average Bonchev–Trinajstić information content (AvgIpc) is 2.86. The lowest BCUT2D eigenvalue weighted by atomic mass is 10.1. The van der Waals surface area contributed by atoms with Crippen LogP contribution < -0.4 is 11.2 Å². The van der Waals surface area contributed by atoms with Gasteiger partial charge in [-0.05, 0) is 20.8 Å². The van der Waals surface area contributed by atoms with Gasteiger partial charge in [0, 0.05) is 13.2 Å². The van der Waals surface area contributed by atoms with Crippen LogP contribution in [-0.4, -0.2) is 52.6 Å². The normalized spacial score (nSPS) is 26.3. The Bertz CT molecular complexity index is 689. The van der Waals surface area contributed by atoms with Gasteiger partial charge in [-0.1, -0.05) is 0 Å². The van der Waals surface area contributed by atoms with E-state index in [9.17, 15) is 19.1 Å². The molecule has 0 amide bonds. The summed E-state index contributed by atoms with van der Waals surface area (Å²) in [5.74, 6) is -1.15. The van der Waals surface area contributed by atoms with Crippen LogP contribution in [0.4, 0.5) is 4.39 Å². The molecule has 0 aromatic carbocycles.